The maximum atomic E-state index is 10.7. The van der Waals surface area contributed by atoms with Gasteiger partial charge >= 0.3 is 0 Å². The summed E-state index contributed by atoms with van der Waals surface area (Å²) in [5.74, 6) is 0. The number of hydrogen-bond acceptors (Lipinski definition) is 3. The summed E-state index contributed by atoms with van der Waals surface area (Å²) in [7, 11) is 2.11. The number of benzene rings is 3. The molecule has 1 fully saturated rings. The van der Waals surface area contributed by atoms with Crippen LogP contribution in [0.2, 0.25) is 0 Å². The van der Waals surface area contributed by atoms with Crippen molar-refractivity contribution in [3.8, 4) is 0 Å². The van der Waals surface area contributed by atoms with E-state index in [1.54, 1.807) is 0 Å². The van der Waals surface area contributed by atoms with Gasteiger partial charge in [-0.15, -0.1) is 0 Å². The summed E-state index contributed by atoms with van der Waals surface area (Å²) in [6.07, 6.45) is 2.14. The molecule has 6 rings (SSSR count). The Morgan fingerprint density at radius 3 is 2.28 bits per heavy atom. The van der Waals surface area contributed by atoms with Crippen LogP contribution in [0, 0.1) is 6.92 Å². The highest BCUT2D eigenvalue weighted by Gasteiger charge is 2.35. The average Bonchev–Trinajstić information content (AvgIpc) is 3.28. The van der Waals surface area contributed by atoms with Crippen molar-refractivity contribution in [2.24, 2.45) is 12.8 Å². The zero-order valence-electron chi connectivity index (χ0n) is 18.9. The van der Waals surface area contributed by atoms with Crippen LogP contribution < -0.4 is 5.73 Å². The van der Waals surface area contributed by atoms with E-state index in [0.29, 0.717) is 0 Å². The summed E-state index contributed by atoms with van der Waals surface area (Å²) in [4.78, 5) is 0. The van der Waals surface area contributed by atoms with Crippen molar-refractivity contribution in [2.75, 3.05) is 6.61 Å². The molecule has 1 unspecified atom stereocenters. The molecule has 0 spiro atoms. The number of aromatic nitrogens is 2. The van der Waals surface area contributed by atoms with Crippen LogP contribution in [0.1, 0.15) is 43.5 Å². The molecule has 2 atom stereocenters. The second-order valence-electron chi connectivity index (χ2n) is 9.34. The van der Waals surface area contributed by atoms with Crippen LogP contribution in [-0.4, -0.2) is 20.8 Å². The fraction of sp³-hybridized carbons (Fsp3) is 0.333. The molecule has 1 aliphatic rings. The Labute approximate surface area is 187 Å². The maximum absolute atomic E-state index is 10.7. The van der Waals surface area contributed by atoms with Crippen molar-refractivity contribution < 1.29 is 9.84 Å². The first-order valence-electron chi connectivity index (χ1n) is 11.4. The highest BCUT2D eigenvalue weighted by atomic mass is 16.5. The molecule has 1 saturated heterocycles. The number of aliphatic hydroxyl groups is 1. The van der Waals surface area contributed by atoms with Crippen LogP contribution >= 0.6 is 0 Å². The molecule has 0 bridgehead atoms. The van der Waals surface area contributed by atoms with Crippen LogP contribution in [0.15, 0.2) is 48.5 Å². The van der Waals surface area contributed by atoms with Crippen molar-refractivity contribution in [3.63, 3.8) is 0 Å². The van der Waals surface area contributed by atoms with Gasteiger partial charge in [-0.25, -0.2) is 0 Å². The second kappa shape index (κ2) is 6.82. The Morgan fingerprint density at radius 1 is 0.969 bits per heavy atom. The van der Waals surface area contributed by atoms with E-state index in [1.165, 1.54) is 5.39 Å². The summed E-state index contributed by atoms with van der Waals surface area (Å²) in [6, 6.07) is 16.9. The first kappa shape index (κ1) is 19.8. The first-order chi connectivity index (χ1) is 15.4. The molecule has 2 aromatic heterocycles. The Kier molecular flexibility index (Phi) is 4.22. The molecule has 0 aliphatic carbocycles. The molecule has 3 N–H and O–H groups in total. The van der Waals surface area contributed by atoms with E-state index < -0.39 is 12.0 Å². The number of ether oxygens (including phenoxy) is 1. The Balaban J connectivity index is 1.96. The summed E-state index contributed by atoms with van der Waals surface area (Å²) in [6.45, 7) is 5.07. The van der Waals surface area contributed by atoms with Gasteiger partial charge in [0.25, 0.3) is 0 Å². The fourth-order valence-corrected chi connectivity index (χ4v) is 6.07. The molecule has 5 aromatic rings. The third-order valence-electron chi connectivity index (χ3n) is 7.47. The van der Waals surface area contributed by atoms with E-state index in [1.807, 2.05) is 0 Å². The SMILES string of the molecule is Cc1c(C(N)O)c2c3ccccc3n(C)c2c2c1c1ccccc1n2[C@]1(C)CCCCO1. The fourth-order valence-electron chi connectivity index (χ4n) is 6.07. The van der Waals surface area contributed by atoms with Crippen molar-refractivity contribution in [1.82, 2.24) is 9.13 Å². The lowest BCUT2D eigenvalue weighted by Gasteiger charge is -2.37. The van der Waals surface area contributed by atoms with Gasteiger partial charge in [0.05, 0.1) is 16.6 Å². The van der Waals surface area contributed by atoms with Crippen LogP contribution in [0.25, 0.3) is 43.6 Å². The van der Waals surface area contributed by atoms with Crippen LogP contribution in [-0.2, 0) is 17.5 Å². The molecule has 1 aliphatic heterocycles. The monoisotopic (exact) mass is 427 g/mol. The average molecular weight is 428 g/mol. The number of aryl methyl sites for hydroxylation is 2. The van der Waals surface area contributed by atoms with Gasteiger partial charge in [-0.05, 0) is 50.8 Å². The largest absolute Gasteiger partial charge is 0.375 e. The molecular weight excluding hydrogens is 398 g/mol. The first-order valence-corrected chi connectivity index (χ1v) is 11.4. The van der Waals surface area contributed by atoms with E-state index in [2.05, 4.69) is 78.6 Å². The van der Waals surface area contributed by atoms with Gasteiger partial charge in [0.2, 0.25) is 0 Å². The third-order valence-corrected chi connectivity index (χ3v) is 7.47. The minimum absolute atomic E-state index is 0.432. The zero-order valence-corrected chi connectivity index (χ0v) is 18.9. The van der Waals surface area contributed by atoms with Gasteiger partial charge in [0, 0.05) is 46.3 Å². The molecule has 164 valence electrons. The minimum atomic E-state index is -1.06. The molecule has 5 heteroatoms. The Morgan fingerprint density at radius 2 is 1.62 bits per heavy atom. The number of hydrogen-bond donors (Lipinski definition) is 2. The van der Waals surface area contributed by atoms with Gasteiger partial charge in [-0.1, -0.05) is 36.4 Å². The Hall–Kier alpha value is -2.86. The lowest BCUT2D eigenvalue weighted by Crippen LogP contribution is -2.36. The molecular formula is C27H29N3O2. The van der Waals surface area contributed by atoms with E-state index in [9.17, 15) is 5.11 Å². The van der Waals surface area contributed by atoms with Gasteiger partial charge in [0.15, 0.2) is 0 Å². The number of nitrogens with two attached hydrogens (primary N) is 1. The van der Waals surface area contributed by atoms with E-state index >= 15 is 0 Å². The lowest BCUT2D eigenvalue weighted by atomic mass is 9.95. The highest BCUT2D eigenvalue weighted by Crippen LogP contribution is 2.47. The number of aliphatic hydroxyl groups excluding tert-OH is 1. The van der Waals surface area contributed by atoms with Crippen LogP contribution in [0.3, 0.4) is 0 Å². The van der Waals surface area contributed by atoms with E-state index in [0.717, 1.165) is 75.2 Å². The highest BCUT2D eigenvalue weighted by molar-refractivity contribution is 6.25. The van der Waals surface area contributed by atoms with Crippen molar-refractivity contribution in [2.45, 2.75) is 45.1 Å². The van der Waals surface area contributed by atoms with E-state index in [4.69, 9.17) is 10.5 Å². The quantitative estimate of drug-likeness (QED) is 0.362. The number of para-hydroxylation sites is 2. The zero-order chi connectivity index (χ0) is 22.2. The molecule has 3 aromatic carbocycles. The molecule has 0 amide bonds. The smallest absolute Gasteiger partial charge is 0.142 e. The van der Waals surface area contributed by atoms with Crippen molar-refractivity contribution >= 4 is 43.6 Å². The molecule has 3 heterocycles. The van der Waals surface area contributed by atoms with Crippen molar-refractivity contribution in [1.29, 1.82) is 0 Å². The maximum Gasteiger partial charge on any atom is 0.142 e. The predicted molar refractivity (Wildman–Crippen MR) is 131 cm³/mol. The number of rotatable bonds is 2. The van der Waals surface area contributed by atoms with Crippen LogP contribution in [0.4, 0.5) is 0 Å². The number of nitrogens with zero attached hydrogens (tertiary/aromatic N) is 2. The van der Waals surface area contributed by atoms with Crippen molar-refractivity contribution in [3.05, 3.63) is 59.7 Å². The predicted octanol–water partition coefficient (Wildman–Crippen LogP) is 5.57. The third kappa shape index (κ3) is 2.44. The number of fused-ring (bicyclic) bond motifs is 7. The minimum Gasteiger partial charge on any atom is -0.375 e. The van der Waals surface area contributed by atoms with Gasteiger partial charge in [-0.3, -0.25) is 0 Å². The molecule has 5 nitrogen and oxygen atoms in total. The molecule has 32 heavy (non-hydrogen) atoms. The normalized spacial score (nSPS) is 20.7. The standard InChI is InChI=1S/C27H29N3O2/c1-16-21-18-11-5-7-13-20(18)30(27(2)14-8-9-15-32-27)25(21)24-23(22(16)26(28)31)17-10-4-6-12-19(17)29(24)3/h4-7,10-13,26,31H,8-9,14-15,28H2,1-3H3/t26?,27-/m0/s1. The summed E-state index contributed by atoms with van der Waals surface area (Å²) in [5, 5.41) is 15.2. The lowest BCUT2D eigenvalue weighted by molar-refractivity contribution is -0.117. The van der Waals surface area contributed by atoms with Gasteiger partial charge < -0.3 is 24.7 Å². The Bertz CT molecular complexity index is 1520. The summed E-state index contributed by atoms with van der Waals surface area (Å²) >= 11 is 0. The van der Waals surface area contributed by atoms with E-state index in [-0.39, 0.29) is 0 Å². The molecule has 0 saturated carbocycles. The summed E-state index contributed by atoms with van der Waals surface area (Å²) in [5.41, 5.74) is 12.2. The second-order valence-corrected chi connectivity index (χ2v) is 9.34. The van der Waals surface area contributed by atoms with Crippen LogP contribution in [0.5, 0.6) is 0 Å². The summed E-state index contributed by atoms with van der Waals surface area (Å²) < 4.78 is 11.2. The topological polar surface area (TPSA) is 65.3 Å². The molecule has 0 radical (unpaired) electrons. The van der Waals surface area contributed by atoms with Gasteiger partial charge in [0.1, 0.15) is 12.0 Å². The van der Waals surface area contributed by atoms with Gasteiger partial charge in [-0.2, -0.15) is 0 Å².